The highest BCUT2D eigenvalue weighted by molar-refractivity contribution is 5.55. The van der Waals surface area contributed by atoms with Gasteiger partial charge >= 0.3 is 0 Å². The van der Waals surface area contributed by atoms with Crippen molar-refractivity contribution in [2.24, 2.45) is 5.73 Å². The van der Waals surface area contributed by atoms with E-state index in [1.807, 2.05) is 25.1 Å². The summed E-state index contributed by atoms with van der Waals surface area (Å²) in [5.41, 5.74) is 8.86. The van der Waals surface area contributed by atoms with Crippen molar-refractivity contribution in [3.63, 3.8) is 0 Å². The summed E-state index contributed by atoms with van der Waals surface area (Å²) in [5.74, 6) is 0. The molecule has 0 fully saturated rings. The molecule has 1 heteroatoms. The van der Waals surface area contributed by atoms with E-state index in [1.165, 1.54) is 11.1 Å². The summed E-state index contributed by atoms with van der Waals surface area (Å²) < 4.78 is 0. The fourth-order valence-electron chi connectivity index (χ4n) is 0.994. The molecule has 0 aliphatic carbocycles. The lowest BCUT2D eigenvalue weighted by atomic mass is 10.1. The number of rotatable bonds is 1. The molecule has 0 aliphatic rings. The lowest BCUT2D eigenvalue weighted by molar-refractivity contribution is 1.33. The van der Waals surface area contributed by atoms with Gasteiger partial charge in [0.1, 0.15) is 0 Å². The Hall–Kier alpha value is -1.24. The third kappa shape index (κ3) is 2.11. The van der Waals surface area contributed by atoms with Gasteiger partial charge in [0.2, 0.25) is 0 Å². The van der Waals surface area contributed by atoms with Crippen LogP contribution in [0.25, 0.3) is 6.08 Å². The standard InChI is InChI=1S/C10H13N/c1-8-5-3-4-6-10(8)7-9(2)11/h3-7H,11H2,1-2H3/b9-7-. The van der Waals surface area contributed by atoms with E-state index in [9.17, 15) is 0 Å². The number of benzene rings is 1. The molecule has 0 aromatic heterocycles. The van der Waals surface area contributed by atoms with Gasteiger partial charge in [-0.25, -0.2) is 0 Å². The second-order valence-corrected chi connectivity index (χ2v) is 2.74. The summed E-state index contributed by atoms with van der Waals surface area (Å²) in [5, 5.41) is 0. The van der Waals surface area contributed by atoms with Gasteiger partial charge in [-0.1, -0.05) is 24.3 Å². The monoisotopic (exact) mass is 147 g/mol. The summed E-state index contributed by atoms with van der Waals surface area (Å²) in [7, 11) is 0. The first-order valence-electron chi connectivity index (χ1n) is 3.69. The highest BCUT2D eigenvalue weighted by atomic mass is 14.5. The molecule has 0 saturated carbocycles. The van der Waals surface area contributed by atoms with Crippen LogP contribution < -0.4 is 5.73 Å². The summed E-state index contributed by atoms with van der Waals surface area (Å²) in [6.07, 6.45) is 1.98. The molecule has 1 aromatic carbocycles. The fourth-order valence-corrected chi connectivity index (χ4v) is 0.994. The van der Waals surface area contributed by atoms with Crippen LogP contribution in [0.2, 0.25) is 0 Å². The van der Waals surface area contributed by atoms with Crippen molar-refractivity contribution in [2.45, 2.75) is 13.8 Å². The number of allylic oxidation sites excluding steroid dienone is 1. The topological polar surface area (TPSA) is 26.0 Å². The van der Waals surface area contributed by atoms with Gasteiger partial charge < -0.3 is 5.73 Å². The first-order valence-corrected chi connectivity index (χ1v) is 3.69. The van der Waals surface area contributed by atoms with Crippen LogP contribution in [-0.2, 0) is 0 Å². The zero-order valence-electron chi connectivity index (χ0n) is 6.96. The first kappa shape index (κ1) is 7.86. The molecule has 11 heavy (non-hydrogen) atoms. The molecule has 0 unspecified atom stereocenters. The van der Waals surface area contributed by atoms with Crippen molar-refractivity contribution in [1.29, 1.82) is 0 Å². The molecule has 0 saturated heterocycles. The summed E-state index contributed by atoms with van der Waals surface area (Å²) in [6.45, 7) is 3.97. The van der Waals surface area contributed by atoms with E-state index in [0.29, 0.717) is 0 Å². The smallest absolute Gasteiger partial charge is 0.00549 e. The third-order valence-electron chi connectivity index (χ3n) is 1.57. The predicted octanol–water partition coefficient (Wildman–Crippen LogP) is 2.31. The Morgan fingerprint density at radius 3 is 2.55 bits per heavy atom. The molecule has 0 amide bonds. The van der Waals surface area contributed by atoms with Gasteiger partial charge in [0, 0.05) is 5.70 Å². The summed E-state index contributed by atoms with van der Waals surface area (Å²) in [4.78, 5) is 0. The molecule has 1 nitrogen and oxygen atoms in total. The molecule has 0 heterocycles. The lowest BCUT2D eigenvalue weighted by Crippen LogP contribution is -1.90. The van der Waals surface area contributed by atoms with E-state index >= 15 is 0 Å². The Balaban J connectivity index is 3.04. The van der Waals surface area contributed by atoms with Crippen LogP contribution in [0.4, 0.5) is 0 Å². The fraction of sp³-hybridized carbons (Fsp3) is 0.200. The summed E-state index contributed by atoms with van der Waals surface area (Å²) >= 11 is 0. The van der Waals surface area contributed by atoms with E-state index < -0.39 is 0 Å². The highest BCUT2D eigenvalue weighted by Gasteiger charge is 1.90. The van der Waals surface area contributed by atoms with Crippen LogP contribution in [0, 0.1) is 6.92 Å². The minimum atomic E-state index is 0.847. The second kappa shape index (κ2) is 3.24. The molecule has 58 valence electrons. The van der Waals surface area contributed by atoms with E-state index in [0.717, 1.165) is 5.70 Å². The van der Waals surface area contributed by atoms with Gasteiger partial charge in [0.25, 0.3) is 0 Å². The Morgan fingerprint density at radius 2 is 2.00 bits per heavy atom. The Morgan fingerprint density at radius 1 is 1.36 bits per heavy atom. The molecule has 1 aromatic rings. The lowest BCUT2D eigenvalue weighted by Gasteiger charge is -1.98. The molecular weight excluding hydrogens is 134 g/mol. The van der Waals surface area contributed by atoms with Crippen molar-refractivity contribution >= 4 is 6.08 Å². The molecule has 0 radical (unpaired) electrons. The number of aryl methyl sites for hydroxylation is 1. The normalized spacial score (nSPS) is 11.6. The van der Waals surface area contributed by atoms with E-state index in [2.05, 4.69) is 19.1 Å². The third-order valence-corrected chi connectivity index (χ3v) is 1.57. The van der Waals surface area contributed by atoms with Crippen molar-refractivity contribution in [2.75, 3.05) is 0 Å². The van der Waals surface area contributed by atoms with E-state index in [-0.39, 0.29) is 0 Å². The summed E-state index contributed by atoms with van der Waals surface area (Å²) in [6, 6.07) is 8.18. The zero-order valence-corrected chi connectivity index (χ0v) is 6.96. The van der Waals surface area contributed by atoms with Gasteiger partial charge in [-0.2, -0.15) is 0 Å². The van der Waals surface area contributed by atoms with E-state index in [1.54, 1.807) is 0 Å². The molecule has 0 spiro atoms. The largest absolute Gasteiger partial charge is 0.402 e. The van der Waals surface area contributed by atoms with Gasteiger partial charge in [-0.15, -0.1) is 0 Å². The Bertz CT molecular complexity index is 270. The van der Waals surface area contributed by atoms with Crippen LogP contribution in [0.5, 0.6) is 0 Å². The molecule has 0 aliphatic heterocycles. The van der Waals surface area contributed by atoms with Crippen LogP contribution >= 0.6 is 0 Å². The average molecular weight is 147 g/mol. The molecule has 2 N–H and O–H groups in total. The van der Waals surface area contributed by atoms with Crippen molar-refractivity contribution < 1.29 is 0 Å². The van der Waals surface area contributed by atoms with Crippen molar-refractivity contribution in [3.05, 3.63) is 41.1 Å². The minimum Gasteiger partial charge on any atom is -0.402 e. The number of hydrogen-bond donors (Lipinski definition) is 1. The quantitative estimate of drug-likeness (QED) is 0.648. The Kier molecular flexibility index (Phi) is 2.32. The van der Waals surface area contributed by atoms with Crippen LogP contribution in [0.3, 0.4) is 0 Å². The number of hydrogen-bond acceptors (Lipinski definition) is 1. The van der Waals surface area contributed by atoms with Gasteiger partial charge in [-0.05, 0) is 31.1 Å². The maximum Gasteiger partial charge on any atom is 0.00549 e. The highest BCUT2D eigenvalue weighted by Crippen LogP contribution is 2.09. The van der Waals surface area contributed by atoms with Crippen molar-refractivity contribution in [3.8, 4) is 0 Å². The van der Waals surface area contributed by atoms with Gasteiger partial charge in [-0.3, -0.25) is 0 Å². The maximum atomic E-state index is 5.55. The average Bonchev–Trinajstić information content (AvgIpc) is 1.93. The molecule has 1 rings (SSSR count). The molecular formula is C10H13N. The zero-order chi connectivity index (χ0) is 8.27. The SMILES string of the molecule is C/C(N)=C/c1ccccc1C. The maximum absolute atomic E-state index is 5.55. The Labute approximate surface area is 67.5 Å². The van der Waals surface area contributed by atoms with Crippen molar-refractivity contribution in [1.82, 2.24) is 0 Å². The second-order valence-electron chi connectivity index (χ2n) is 2.74. The first-order chi connectivity index (χ1) is 5.20. The molecule has 0 bridgehead atoms. The number of nitrogens with two attached hydrogens (primary N) is 1. The van der Waals surface area contributed by atoms with Gasteiger partial charge in [0.15, 0.2) is 0 Å². The predicted molar refractivity (Wildman–Crippen MR) is 49.0 cm³/mol. The molecule has 0 atom stereocenters. The van der Waals surface area contributed by atoms with Crippen LogP contribution in [0.1, 0.15) is 18.1 Å². The van der Waals surface area contributed by atoms with Crippen LogP contribution in [-0.4, -0.2) is 0 Å². The van der Waals surface area contributed by atoms with Crippen LogP contribution in [0.15, 0.2) is 30.0 Å². The van der Waals surface area contributed by atoms with Gasteiger partial charge in [0.05, 0.1) is 0 Å². The minimum absolute atomic E-state index is 0.847. The van der Waals surface area contributed by atoms with E-state index in [4.69, 9.17) is 5.73 Å².